The SMILES string of the molecule is COc1cc(I)c(C(C)=O)cc1C=O. The van der Waals surface area contributed by atoms with Gasteiger partial charge < -0.3 is 4.74 Å². The van der Waals surface area contributed by atoms with Gasteiger partial charge in [-0.25, -0.2) is 0 Å². The van der Waals surface area contributed by atoms with E-state index in [0.717, 1.165) is 3.57 Å². The maximum absolute atomic E-state index is 11.2. The first-order valence-electron chi connectivity index (χ1n) is 3.93. The van der Waals surface area contributed by atoms with Crippen LogP contribution in [-0.4, -0.2) is 19.2 Å². The molecule has 0 aromatic heterocycles. The first kappa shape index (κ1) is 11.2. The molecule has 0 unspecified atom stereocenters. The molecule has 3 nitrogen and oxygen atoms in total. The zero-order valence-electron chi connectivity index (χ0n) is 7.83. The van der Waals surface area contributed by atoms with Crippen molar-refractivity contribution in [3.63, 3.8) is 0 Å². The summed E-state index contributed by atoms with van der Waals surface area (Å²) in [7, 11) is 1.49. The van der Waals surface area contributed by atoms with Gasteiger partial charge in [-0.3, -0.25) is 9.59 Å². The van der Waals surface area contributed by atoms with Gasteiger partial charge in [-0.05, 0) is 41.6 Å². The lowest BCUT2D eigenvalue weighted by Crippen LogP contribution is -2.00. The minimum Gasteiger partial charge on any atom is -0.496 e. The van der Waals surface area contributed by atoms with Crippen molar-refractivity contribution < 1.29 is 14.3 Å². The fourth-order valence-electron chi connectivity index (χ4n) is 1.11. The number of ether oxygens (including phenoxy) is 1. The van der Waals surface area contributed by atoms with Crippen molar-refractivity contribution in [1.82, 2.24) is 0 Å². The van der Waals surface area contributed by atoms with Crippen LogP contribution in [0.5, 0.6) is 5.75 Å². The third-order valence-electron chi connectivity index (χ3n) is 1.83. The van der Waals surface area contributed by atoms with Crippen LogP contribution < -0.4 is 4.74 Å². The van der Waals surface area contributed by atoms with Crippen molar-refractivity contribution in [2.24, 2.45) is 0 Å². The molecule has 0 radical (unpaired) electrons. The molecule has 0 N–H and O–H groups in total. The fraction of sp³-hybridized carbons (Fsp3) is 0.200. The minimum atomic E-state index is -0.0554. The van der Waals surface area contributed by atoms with E-state index >= 15 is 0 Å². The number of hydrogen-bond donors (Lipinski definition) is 0. The number of hydrogen-bond acceptors (Lipinski definition) is 3. The van der Waals surface area contributed by atoms with Crippen LogP contribution in [0.15, 0.2) is 12.1 Å². The molecule has 0 saturated heterocycles. The summed E-state index contributed by atoms with van der Waals surface area (Å²) < 4.78 is 5.79. The van der Waals surface area contributed by atoms with Crippen molar-refractivity contribution in [2.45, 2.75) is 6.92 Å². The highest BCUT2D eigenvalue weighted by atomic mass is 127. The van der Waals surface area contributed by atoms with E-state index in [9.17, 15) is 9.59 Å². The van der Waals surface area contributed by atoms with E-state index in [4.69, 9.17) is 4.74 Å². The van der Waals surface area contributed by atoms with Crippen LogP contribution in [0.3, 0.4) is 0 Å². The van der Waals surface area contributed by atoms with Gasteiger partial charge >= 0.3 is 0 Å². The number of aldehydes is 1. The Balaban J connectivity index is 3.37. The standard InChI is InChI=1S/C10H9IO3/c1-6(13)8-3-7(5-12)10(14-2)4-9(8)11/h3-5H,1-2H3. The third-order valence-corrected chi connectivity index (χ3v) is 2.72. The lowest BCUT2D eigenvalue weighted by Gasteiger charge is -2.06. The zero-order valence-corrected chi connectivity index (χ0v) is 9.99. The first-order chi connectivity index (χ1) is 6.60. The van der Waals surface area contributed by atoms with Crippen LogP contribution >= 0.6 is 22.6 Å². The fourth-order valence-corrected chi connectivity index (χ4v) is 1.93. The summed E-state index contributed by atoms with van der Waals surface area (Å²) in [6.07, 6.45) is 0.682. The second-order valence-electron chi connectivity index (χ2n) is 2.75. The molecule has 1 aromatic carbocycles. The van der Waals surface area contributed by atoms with Gasteiger partial charge in [-0.15, -0.1) is 0 Å². The van der Waals surface area contributed by atoms with E-state index in [1.165, 1.54) is 14.0 Å². The maximum atomic E-state index is 11.2. The van der Waals surface area contributed by atoms with Crippen molar-refractivity contribution in [2.75, 3.05) is 7.11 Å². The molecule has 1 aromatic rings. The first-order valence-corrected chi connectivity index (χ1v) is 5.01. The average molecular weight is 304 g/mol. The molecule has 14 heavy (non-hydrogen) atoms. The number of Topliss-reactive ketones (excluding diaryl/α,β-unsaturated/α-hetero) is 1. The van der Waals surface area contributed by atoms with Gasteiger partial charge in [0.2, 0.25) is 0 Å². The molecule has 0 saturated carbocycles. The molecule has 0 atom stereocenters. The van der Waals surface area contributed by atoms with E-state index < -0.39 is 0 Å². The van der Waals surface area contributed by atoms with Crippen molar-refractivity contribution >= 4 is 34.7 Å². The van der Waals surface area contributed by atoms with E-state index in [1.54, 1.807) is 12.1 Å². The number of rotatable bonds is 3. The van der Waals surface area contributed by atoms with Crippen LogP contribution in [0.4, 0.5) is 0 Å². The molecule has 74 valence electrons. The predicted octanol–water partition coefficient (Wildman–Crippen LogP) is 2.31. The summed E-state index contributed by atoms with van der Waals surface area (Å²) in [5.41, 5.74) is 0.951. The molecule has 0 spiro atoms. The largest absolute Gasteiger partial charge is 0.496 e. The van der Waals surface area contributed by atoms with Crippen molar-refractivity contribution in [3.8, 4) is 5.75 Å². The average Bonchev–Trinajstić information content (AvgIpc) is 2.16. The zero-order chi connectivity index (χ0) is 10.7. The highest BCUT2D eigenvalue weighted by molar-refractivity contribution is 14.1. The second-order valence-corrected chi connectivity index (χ2v) is 3.91. The van der Waals surface area contributed by atoms with Gasteiger partial charge in [0.15, 0.2) is 12.1 Å². The molecule has 0 heterocycles. The van der Waals surface area contributed by atoms with Crippen LogP contribution in [0.25, 0.3) is 0 Å². The van der Waals surface area contributed by atoms with Crippen LogP contribution in [-0.2, 0) is 0 Å². The Hall–Kier alpha value is -0.910. The van der Waals surface area contributed by atoms with Gasteiger partial charge in [0.05, 0.1) is 12.7 Å². The summed E-state index contributed by atoms with van der Waals surface area (Å²) in [4.78, 5) is 21.9. The third kappa shape index (κ3) is 2.12. The molecular weight excluding hydrogens is 295 g/mol. The van der Waals surface area contributed by atoms with E-state index in [1.807, 2.05) is 22.6 Å². The van der Waals surface area contributed by atoms with Gasteiger partial charge in [0, 0.05) is 9.13 Å². The number of ketones is 1. The Morgan fingerprint density at radius 1 is 1.50 bits per heavy atom. The molecule has 0 amide bonds. The molecular formula is C10H9IO3. The summed E-state index contributed by atoms with van der Waals surface area (Å²) in [6, 6.07) is 3.23. The van der Waals surface area contributed by atoms with Crippen LogP contribution in [0.1, 0.15) is 27.6 Å². The monoisotopic (exact) mass is 304 g/mol. The number of carbonyl (C=O) groups excluding carboxylic acids is 2. The summed E-state index contributed by atoms with van der Waals surface area (Å²) in [5, 5.41) is 0. The predicted molar refractivity (Wildman–Crippen MR) is 61.1 cm³/mol. The second kappa shape index (κ2) is 4.54. The maximum Gasteiger partial charge on any atom is 0.160 e. The summed E-state index contributed by atoms with van der Waals surface area (Å²) in [5.74, 6) is 0.439. The Kier molecular flexibility index (Phi) is 3.62. The normalized spacial score (nSPS) is 9.64. The molecule has 0 aliphatic rings. The van der Waals surface area contributed by atoms with Gasteiger partial charge in [0.1, 0.15) is 5.75 Å². The highest BCUT2D eigenvalue weighted by Gasteiger charge is 2.10. The number of benzene rings is 1. The quantitative estimate of drug-likeness (QED) is 0.489. The Labute approximate surface area is 95.6 Å². The molecule has 4 heteroatoms. The number of methoxy groups -OCH3 is 1. The smallest absolute Gasteiger partial charge is 0.160 e. The molecule has 0 bridgehead atoms. The number of halogens is 1. The Morgan fingerprint density at radius 2 is 2.14 bits per heavy atom. The van der Waals surface area contributed by atoms with E-state index in [0.29, 0.717) is 23.2 Å². The lowest BCUT2D eigenvalue weighted by molar-refractivity contribution is 0.101. The van der Waals surface area contributed by atoms with Crippen LogP contribution in [0, 0.1) is 3.57 Å². The van der Waals surface area contributed by atoms with Gasteiger partial charge in [-0.1, -0.05) is 0 Å². The number of carbonyl (C=O) groups is 2. The van der Waals surface area contributed by atoms with Crippen molar-refractivity contribution in [3.05, 3.63) is 26.8 Å². The van der Waals surface area contributed by atoms with Crippen molar-refractivity contribution in [1.29, 1.82) is 0 Å². The molecule has 0 aliphatic carbocycles. The lowest BCUT2D eigenvalue weighted by atomic mass is 10.1. The van der Waals surface area contributed by atoms with Gasteiger partial charge in [-0.2, -0.15) is 0 Å². The van der Waals surface area contributed by atoms with E-state index in [2.05, 4.69) is 0 Å². The van der Waals surface area contributed by atoms with Gasteiger partial charge in [0.25, 0.3) is 0 Å². The summed E-state index contributed by atoms with van der Waals surface area (Å²) in [6.45, 7) is 1.47. The van der Waals surface area contributed by atoms with E-state index in [-0.39, 0.29) is 5.78 Å². The Morgan fingerprint density at radius 3 is 2.57 bits per heavy atom. The molecule has 1 rings (SSSR count). The summed E-state index contributed by atoms with van der Waals surface area (Å²) >= 11 is 2.04. The highest BCUT2D eigenvalue weighted by Crippen LogP contribution is 2.24. The minimum absolute atomic E-state index is 0.0554. The Bertz CT molecular complexity index is 385. The molecule has 0 fully saturated rings. The molecule has 0 aliphatic heterocycles. The topological polar surface area (TPSA) is 43.4 Å². The van der Waals surface area contributed by atoms with Crippen LogP contribution in [0.2, 0.25) is 0 Å².